The average molecular weight is 290 g/mol. The third-order valence-corrected chi connectivity index (χ3v) is 4.90. The molecule has 0 saturated carbocycles. The van der Waals surface area contributed by atoms with Gasteiger partial charge in [-0.3, -0.25) is 0 Å². The second-order valence-corrected chi connectivity index (χ2v) is 6.66. The smallest absolute Gasteiger partial charge is 0.220 e. The maximum Gasteiger partial charge on any atom is 0.220 e. The Labute approximate surface area is 112 Å². The molecule has 0 amide bonds. The highest BCUT2D eigenvalue weighted by molar-refractivity contribution is 7.88. The van der Waals surface area contributed by atoms with E-state index >= 15 is 0 Å². The van der Waals surface area contributed by atoms with E-state index in [9.17, 15) is 8.42 Å². The second kappa shape index (κ2) is 5.58. The molecule has 0 bridgehead atoms. The first kappa shape index (κ1) is 14.4. The van der Waals surface area contributed by atoms with Gasteiger partial charge in [0.1, 0.15) is 17.2 Å². The summed E-state index contributed by atoms with van der Waals surface area (Å²) in [5, 5.41) is 12.8. The highest BCUT2D eigenvalue weighted by atomic mass is 32.2. The van der Waals surface area contributed by atoms with Crippen LogP contribution in [-0.2, 0) is 20.5 Å². The number of nitrogens with zero attached hydrogens (tertiary/aromatic N) is 2. The summed E-state index contributed by atoms with van der Waals surface area (Å²) in [7, 11) is -3.50. The Morgan fingerprint density at radius 1 is 1.58 bits per heavy atom. The van der Waals surface area contributed by atoms with Crippen LogP contribution in [0.1, 0.15) is 18.4 Å². The number of aromatic nitrogens is 1. The van der Waals surface area contributed by atoms with E-state index < -0.39 is 16.1 Å². The molecular weight excluding hydrogens is 272 g/mol. The maximum atomic E-state index is 12.3. The number of aliphatic hydroxyl groups excluding tert-OH is 1. The summed E-state index contributed by atoms with van der Waals surface area (Å²) in [4.78, 5) is 0. The predicted octanol–water partition coefficient (Wildman–Crippen LogP) is -0.106. The van der Waals surface area contributed by atoms with E-state index in [1.807, 2.05) is 0 Å². The van der Waals surface area contributed by atoms with Crippen LogP contribution < -0.4 is 0 Å². The summed E-state index contributed by atoms with van der Waals surface area (Å²) in [6, 6.07) is 1.35. The van der Waals surface area contributed by atoms with Crippen LogP contribution in [0, 0.1) is 6.92 Å². The molecule has 8 heteroatoms. The number of hydrogen-bond donors (Lipinski definition) is 1. The fraction of sp³-hybridized carbons (Fsp3) is 0.727. The molecule has 108 valence electrons. The van der Waals surface area contributed by atoms with E-state index in [0.29, 0.717) is 11.5 Å². The molecule has 2 rings (SSSR count). The monoisotopic (exact) mass is 290 g/mol. The highest BCUT2D eigenvalue weighted by Crippen LogP contribution is 2.19. The summed E-state index contributed by atoms with van der Waals surface area (Å²) >= 11 is 0. The van der Waals surface area contributed by atoms with Crippen molar-refractivity contribution in [2.45, 2.75) is 31.7 Å². The average Bonchev–Trinajstić information content (AvgIpc) is 2.74. The zero-order valence-electron chi connectivity index (χ0n) is 10.9. The van der Waals surface area contributed by atoms with E-state index in [4.69, 9.17) is 14.4 Å². The van der Waals surface area contributed by atoms with Crippen LogP contribution in [0.2, 0.25) is 0 Å². The van der Waals surface area contributed by atoms with E-state index in [-0.39, 0.29) is 31.6 Å². The lowest BCUT2D eigenvalue weighted by Gasteiger charge is -2.36. The lowest BCUT2D eigenvalue weighted by molar-refractivity contribution is -0.0516. The lowest BCUT2D eigenvalue weighted by atomic mass is 10.2. The maximum absolute atomic E-state index is 12.3. The predicted molar refractivity (Wildman–Crippen MR) is 66.9 cm³/mol. The third-order valence-electron chi connectivity index (χ3n) is 3.02. The molecule has 0 aliphatic carbocycles. The van der Waals surface area contributed by atoms with Gasteiger partial charge in [-0.05, 0) is 13.8 Å². The first-order chi connectivity index (χ1) is 8.92. The quantitative estimate of drug-likeness (QED) is 0.832. The van der Waals surface area contributed by atoms with Gasteiger partial charge in [0.05, 0.1) is 19.3 Å². The molecule has 0 radical (unpaired) electrons. The van der Waals surface area contributed by atoms with Crippen LogP contribution >= 0.6 is 0 Å². The first-order valence-electron chi connectivity index (χ1n) is 6.06. The largest absolute Gasteiger partial charge is 0.394 e. The van der Waals surface area contributed by atoms with Crippen molar-refractivity contribution in [3.8, 4) is 0 Å². The molecule has 0 spiro atoms. The third kappa shape index (κ3) is 3.33. The van der Waals surface area contributed by atoms with Gasteiger partial charge in [0.25, 0.3) is 0 Å². The molecule has 1 aromatic rings. The van der Waals surface area contributed by atoms with Gasteiger partial charge < -0.3 is 14.4 Å². The molecule has 2 atom stereocenters. The standard InChI is InChI=1S/C11H18N2O5S/c1-8-6-17-11(5-14)4-13(8)19(15,16)7-10-3-9(2)18-12-10/h3,8,11,14H,4-7H2,1-2H3. The lowest BCUT2D eigenvalue weighted by Crippen LogP contribution is -2.52. The van der Waals surface area contributed by atoms with Gasteiger partial charge in [-0.1, -0.05) is 5.16 Å². The molecule has 0 aromatic carbocycles. The topological polar surface area (TPSA) is 92.9 Å². The minimum absolute atomic E-state index is 0.164. The molecule has 2 heterocycles. The van der Waals surface area contributed by atoms with Gasteiger partial charge >= 0.3 is 0 Å². The molecule has 1 saturated heterocycles. The summed E-state index contributed by atoms with van der Waals surface area (Å²) in [5.74, 6) is 0.376. The SMILES string of the molecule is Cc1cc(CS(=O)(=O)N2CC(CO)OCC2C)no1. The Bertz CT molecular complexity index is 527. The summed E-state index contributed by atoms with van der Waals surface area (Å²) in [6.07, 6.45) is -0.468. The van der Waals surface area contributed by atoms with Gasteiger partial charge in [0.15, 0.2) is 0 Å². The van der Waals surface area contributed by atoms with Crippen molar-refractivity contribution in [1.82, 2.24) is 9.46 Å². The number of aryl methyl sites for hydroxylation is 1. The van der Waals surface area contributed by atoms with Crippen LogP contribution in [0.15, 0.2) is 10.6 Å². The minimum Gasteiger partial charge on any atom is -0.394 e. The van der Waals surface area contributed by atoms with Gasteiger partial charge in [-0.25, -0.2) is 8.42 Å². The fourth-order valence-electron chi connectivity index (χ4n) is 2.05. The number of sulfonamides is 1. The molecule has 1 N–H and O–H groups in total. The van der Waals surface area contributed by atoms with Crippen molar-refractivity contribution in [3.05, 3.63) is 17.5 Å². The Kier molecular flexibility index (Phi) is 4.24. The molecule has 19 heavy (non-hydrogen) atoms. The van der Waals surface area contributed by atoms with Crippen molar-refractivity contribution in [2.24, 2.45) is 0 Å². The Balaban J connectivity index is 2.13. The zero-order chi connectivity index (χ0) is 14.0. The van der Waals surface area contributed by atoms with Crippen LogP contribution in [-0.4, -0.2) is 54.9 Å². The van der Waals surface area contributed by atoms with Crippen molar-refractivity contribution in [3.63, 3.8) is 0 Å². The molecule has 1 aliphatic rings. The van der Waals surface area contributed by atoms with E-state index in [0.717, 1.165) is 0 Å². The summed E-state index contributed by atoms with van der Waals surface area (Å²) in [6.45, 7) is 3.74. The molecule has 7 nitrogen and oxygen atoms in total. The number of ether oxygens (including phenoxy) is 1. The Morgan fingerprint density at radius 3 is 2.89 bits per heavy atom. The minimum atomic E-state index is -3.50. The molecule has 2 unspecified atom stereocenters. The summed E-state index contributed by atoms with van der Waals surface area (Å²) in [5.41, 5.74) is 0.386. The summed E-state index contributed by atoms with van der Waals surface area (Å²) < 4.78 is 36.2. The highest BCUT2D eigenvalue weighted by Gasteiger charge is 2.34. The Morgan fingerprint density at radius 2 is 2.32 bits per heavy atom. The van der Waals surface area contributed by atoms with Crippen LogP contribution in [0.4, 0.5) is 0 Å². The first-order valence-corrected chi connectivity index (χ1v) is 7.67. The van der Waals surface area contributed by atoms with Crippen LogP contribution in [0.25, 0.3) is 0 Å². The molecule has 1 aromatic heterocycles. The van der Waals surface area contributed by atoms with E-state index in [2.05, 4.69) is 5.16 Å². The van der Waals surface area contributed by atoms with E-state index in [1.165, 1.54) is 4.31 Å². The van der Waals surface area contributed by atoms with Crippen molar-refractivity contribution >= 4 is 10.0 Å². The fourth-order valence-corrected chi connectivity index (χ4v) is 3.72. The number of aliphatic hydroxyl groups is 1. The normalized spacial score (nSPS) is 25.6. The number of hydrogen-bond acceptors (Lipinski definition) is 6. The zero-order valence-corrected chi connectivity index (χ0v) is 11.8. The van der Waals surface area contributed by atoms with Gasteiger partial charge in [0.2, 0.25) is 10.0 Å². The van der Waals surface area contributed by atoms with E-state index in [1.54, 1.807) is 19.9 Å². The van der Waals surface area contributed by atoms with Gasteiger partial charge in [-0.15, -0.1) is 0 Å². The number of morpholine rings is 1. The molecular formula is C11H18N2O5S. The van der Waals surface area contributed by atoms with Gasteiger partial charge in [0, 0.05) is 18.7 Å². The van der Waals surface area contributed by atoms with Crippen LogP contribution in [0.5, 0.6) is 0 Å². The van der Waals surface area contributed by atoms with Crippen molar-refractivity contribution in [2.75, 3.05) is 19.8 Å². The Hall–Kier alpha value is -0.960. The van der Waals surface area contributed by atoms with Gasteiger partial charge in [-0.2, -0.15) is 4.31 Å². The second-order valence-electron chi connectivity index (χ2n) is 4.74. The molecule has 1 fully saturated rings. The van der Waals surface area contributed by atoms with Crippen molar-refractivity contribution < 1.29 is 22.8 Å². The molecule has 1 aliphatic heterocycles. The number of rotatable bonds is 4. The van der Waals surface area contributed by atoms with Crippen molar-refractivity contribution in [1.29, 1.82) is 0 Å². The van der Waals surface area contributed by atoms with Crippen LogP contribution in [0.3, 0.4) is 0 Å².